The smallest absolute Gasteiger partial charge is 0.876 e. The third-order valence-corrected chi connectivity index (χ3v) is 2.16. The van der Waals surface area contributed by atoms with E-state index in [2.05, 4.69) is 0 Å². The predicted octanol–water partition coefficient (Wildman–Crippen LogP) is -3.20. The standard InChI is InChI=1S/3C5H8O2.C4H11NO3.Al/c3*1-4(6)3-5(2)7;5-4(1-6,2-7)3-8;/h3*3,6H,1-2H3;6-8H,1-3,5H2;/q;;;;+3/p-3/b3*4-3-;;. The second-order valence-electron chi connectivity index (χ2n) is 5.93. The molecule has 5 N–H and O–H groups in total. The molecule has 0 aromatic carbocycles. The van der Waals surface area contributed by atoms with E-state index < -0.39 is 25.4 Å². The van der Waals surface area contributed by atoms with Crippen molar-refractivity contribution in [1.82, 2.24) is 0 Å². The fourth-order valence-corrected chi connectivity index (χ4v) is 1.01. The normalized spacial score (nSPS) is 11.2. The number of carbonyl (C=O) groups excluding carboxylic acids is 3. The first-order valence-electron chi connectivity index (χ1n) is 8.25. The Bertz CT molecular complexity index is 494. The molecule has 0 aromatic rings. The summed E-state index contributed by atoms with van der Waals surface area (Å²) in [7, 11) is 0. The first kappa shape index (κ1) is 38.6. The maximum Gasteiger partial charge on any atom is 3.00 e. The Kier molecular flexibility index (Phi) is 29.9. The quantitative estimate of drug-likeness (QED) is 0.183. The zero-order valence-corrected chi connectivity index (χ0v) is 19.5. The van der Waals surface area contributed by atoms with Gasteiger partial charge in [0.2, 0.25) is 0 Å². The van der Waals surface area contributed by atoms with Crippen LogP contribution in [0, 0.1) is 0 Å². The summed E-state index contributed by atoms with van der Waals surface area (Å²) in [6.07, 6.45) is 3.17. The molecule has 0 aliphatic carbocycles. The van der Waals surface area contributed by atoms with Crippen molar-refractivity contribution in [1.29, 1.82) is 0 Å². The maximum atomic E-state index is 9.98. The molecule has 0 fully saturated rings. The average molecular weight is 445 g/mol. The van der Waals surface area contributed by atoms with Crippen molar-refractivity contribution in [3.63, 3.8) is 0 Å². The van der Waals surface area contributed by atoms with Gasteiger partial charge in [-0.25, -0.2) is 0 Å². The van der Waals surface area contributed by atoms with Crippen LogP contribution in [0.15, 0.2) is 35.5 Å². The van der Waals surface area contributed by atoms with Gasteiger partial charge in [0.1, 0.15) is 0 Å². The molecule has 0 amide bonds. The van der Waals surface area contributed by atoms with E-state index in [-0.39, 0.29) is 52.0 Å². The molecule has 0 rings (SSSR count). The molecule has 0 aromatic heterocycles. The molecule has 30 heavy (non-hydrogen) atoms. The minimum Gasteiger partial charge on any atom is -0.876 e. The molecule has 11 heteroatoms. The van der Waals surface area contributed by atoms with E-state index in [0.29, 0.717) is 0 Å². The van der Waals surface area contributed by atoms with E-state index >= 15 is 0 Å². The number of hydrogen-bond acceptors (Lipinski definition) is 10. The van der Waals surface area contributed by atoms with E-state index in [0.717, 1.165) is 18.2 Å². The third kappa shape index (κ3) is 45.0. The van der Waals surface area contributed by atoms with Crippen LogP contribution < -0.4 is 21.1 Å². The van der Waals surface area contributed by atoms with E-state index in [9.17, 15) is 29.7 Å². The van der Waals surface area contributed by atoms with Crippen molar-refractivity contribution >= 4 is 34.7 Å². The number of aliphatic hydroxyl groups is 3. The van der Waals surface area contributed by atoms with Gasteiger partial charge in [0, 0.05) is 0 Å². The number of hydrogen-bond donors (Lipinski definition) is 4. The van der Waals surface area contributed by atoms with Gasteiger partial charge in [0.05, 0.1) is 25.4 Å². The molecule has 10 nitrogen and oxygen atoms in total. The number of ketones is 3. The summed E-state index contributed by atoms with van der Waals surface area (Å²) >= 11 is 0. The van der Waals surface area contributed by atoms with E-state index in [1.54, 1.807) is 0 Å². The van der Waals surface area contributed by atoms with Gasteiger partial charge in [-0.2, -0.15) is 0 Å². The molecular formula is C19H32AlNO9. The van der Waals surface area contributed by atoms with Gasteiger partial charge < -0.3 is 36.4 Å². The fourth-order valence-electron chi connectivity index (χ4n) is 1.01. The third-order valence-electron chi connectivity index (χ3n) is 2.16. The minimum absolute atomic E-state index is 0. The molecule has 0 bridgehead atoms. The SMILES string of the molecule is CC(=O)/C=C(/C)[O-].CC(=O)/C=C(/C)[O-].CC(=O)/C=C(/C)[O-].NC(CO)(CO)CO.[Al+3]. The summed E-state index contributed by atoms with van der Waals surface area (Å²) in [5.74, 6) is -1.12. The molecule has 0 heterocycles. The van der Waals surface area contributed by atoms with Crippen LogP contribution in [0.4, 0.5) is 0 Å². The van der Waals surface area contributed by atoms with Crippen molar-refractivity contribution in [3.05, 3.63) is 35.5 Å². The molecule has 0 aliphatic heterocycles. The Morgan fingerprint density at radius 2 is 0.833 bits per heavy atom. The van der Waals surface area contributed by atoms with Crippen molar-refractivity contribution in [3.8, 4) is 0 Å². The molecule has 0 unspecified atom stereocenters. The monoisotopic (exact) mass is 445 g/mol. The van der Waals surface area contributed by atoms with Gasteiger partial charge in [-0.1, -0.05) is 20.8 Å². The van der Waals surface area contributed by atoms with Crippen molar-refractivity contribution in [2.75, 3.05) is 19.8 Å². The van der Waals surface area contributed by atoms with E-state index in [1.165, 1.54) is 41.5 Å². The molecule has 0 spiro atoms. The Morgan fingerprint density at radius 3 is 0.833 bits per heavy atom. The van der Waals surface area contributed by atoms with Crippen molar-refractivity contribution in [2.45, 2.75) is 47.1 Å². The first-order chi connectivity index (χ1) is 13.1. The summed E-state index contributed by atoms with van der Waals surface area (Å²) in [5, 5.41) is 55.0. The number of nitrogens with two attached hydrogens (primary N) is 1. The molecule has 0 saturated carbocycles. The van der Waals surface area contributed by atoms with Gasteiger partial charge >= 0.3 is 17.4 Å². The first-order valence-corrected chi connectivity index (χ1v) is 8.25. The van der Waals surface area contributed by atoms with Gasteiger partial charge in [-0.3, -0.25) is 14.4 Å². The van der Waals surface area contributed by atoms with Crippen LogP contribution in [0.2, 0.25) is 0 Å². The molecule has 0 atom stereocenters. The summed E-state index contributed by atoms with van der Waals surface area (Å²) in [6, 6.07) is 0. The largest absolute Gasteiger partial charge is 3.00 e. The number of rotatable bonds is 6. The fraction of sp³-hybridized carbons (Fsp3) is 0.526. The van der Waals surface area contributed by atoms with Crippen molar-refractivity contribution < 1.29 is 45.0 Å². The average Bonchev–Trinajstić information content (AvgIpc) is 2.52. The Morgan fingerprint density at radius 1 is 0.667 bits per heavy atom. The number of allylic oxidation sites excluding steroid dienone is 6. The molecular weight excluding hydrogens is 413 g/mol. The van der Waals surface area contributed by atoms with Crippen LogP contribution in [0.3, 0.4) is 0 Å². The second-order valence-corrected chi connectivity index (χ2v) is 5.93. The zero-order valence-electron chi connectivity index (χ0n) is 18.3. The summed E-state index contributed by atoms with van der Waals surface area (Å²) in [5.41, 5.74) is 3.94. The van der Waals surface area contributed by atoms with Gasteiger partial charge in [0.15, 0.2) is 17.3 Å². The number of aliphatic hydroxyl groups excluding tert-OH is 3. The Hall–Kier alpha value is -2.00. The topological polar surface area (TPSA) is 207 Å². The minimum atomic E-state index is -1.21. The molecule has 0 radical (unpaired) electrons. The summed E-state index contributed by atoms with van der Waals surface area (Å²) in [6.45, 7) is 6.88. The van der Waals surface area contributed by atoms with Crippen LogP contribution in [-0.4, -0.2) is 75.4 Å². The molecule has 170 valence electrons. The molecule has 0 aliphatic rings. The van der Waals surface area contributed by atoms with Crippen LogP contribution >= 0.6 is 0 Å². The summed E-state index contributed by atoms with van der Waals surface area (Å²) in [4.78, 5) is 29.9. The van der Waals surface area contributed by atoms with Crippen molar-refractivity contribution in [2.24, 2.45) is 5.73 Å². The van der Waals surface area contributed by atoms with Crippen LogP contribution in [0.1, 0.15) is 41.5 Å². The van der Waals surface area contributed by atoms with Crippen LogP contribution in [0.25, 0.3) is 0 Å². The van der Waals surface area contributed by atoms with Gasteiger partial charge in [-0.15, -0.1) is 17.3 Å². The van der Waals surface area contributed by atoms with E-state index in [4.69, 9.17) is 21.1 Å². The van der Waals surface area contributed by atoms with E-state index in [1.807, 2.05) is 0 Å². The van der Waals surface area contributed by atoms with Gasteiger partial charge in [-0.05, 0) is 39.0 Å². The predicted molar refractivity (Wildman–Crippen MR) is 107 cm³/mol. The van der Waals surface area contributed by atoms with Gasteiger partial charge in [0.25, 0.3) is 0 Å². The van der Waals surface area contributed by atoms with Crippen LogP contribution in [-0.2, 0) is 14.4 Å². The Balaban J connectivity index is -0.0000000917. The summed E-state index contributed by atoms with van der Waals surface area (Å²) < 4.78 is 0. The molecule has 0 saturated heterocycles. The maximum absolute atomic E-state index is 9.98. The number of carbonyl (C=O) groups is 3. The zero-order chi connectivity index (χ0) is 24.2. The Labute approximate surface area is 188 Å². The second kappa shape index (κ2) is 23.3. The van der Waals surface area contributed by atoms with Crippen LogP contribution in [0.5, 0.6) is 0 Å².